The Morgan fingerprint density at radius 1 is 1.38 bits per heavy atom. The molecular formula is C10H10BrNO4. The lowest BCUT2D eigenvalue weighted by Crippen LogP contribution is -2.42. The van der Waals surface area contributed by atoms with Crippen molar-refractivity contribution in [2.75, 3.05) is 0 Å². The second-order valence-corrected chi connectivity index (χ2v) is 4.36. The van der Waals surface area contributed by atoms with Crippen LogP contribution in [0.4, 0.5) is 0 Å². The number of rotatable bonds is 3. The van der Waals surface area contributed by atoms with Crippen molar-refractivity contribution in [3.8, 4) is 0 Å². The van der Waals surface area contributed by atoms with E-state index in [2.05, 4.69) is 15.9 Å². The topological polar surface area (TPSA) is 101 Å². The lowest BCUT2D eigenvalue weighted by molar-refractivity contribution is -0.143. The fourth-order valence-electron chi connectivity index (χ4n) is 1.18. The minimum atomic E-state index is -1.56. The molecule has 5 nitrogen and oxygen atoms in total. The minimum Gasteiger partial charge on any atom is -0.480 e. The normalized spacial score (nSPS) is 14.2. The van der Waals surface area contributed by atoms with Crippen LogP contribution in [0.2, 0.25) is 0 Å². The molecule has 16 heavy (non-hydrogen) atoms. The Hall–Kier alpha value is -1.40. The van der Waals surface area contributed by atoms with Gasteiger partial charge in [-0.1, -0.05) is 22.0 Å². The summed E-state index contributed by atoms with van der Waals surface area (Å²) < 4.78 is 0.361. The van der Waals surface area contributed by atoms with Crippen LogP contribution in [0.3, 0.4) is 0 Å². The summed E-state index contributed by atoms with van der Waals surface area (Å²) >= 11 is 3.11. The Kier molecular flexibility index (Phi) is 3.35. The van der Waals surface area contributed by atoms with Gasteiger partial charge in [-0.3, -0.25) is 0 Å². The molecule has 0 heterocycles. The third-order valence-electron chi connectivity index (χ3n) is 2.22. The molecular weight excluding hydrogens is 278 g/mol. The Balaban J connectivity index is 3.28. The zero-order chi connectivity index (χ0) is 12.5. The fourth-order valence-corrected chi connectivity index (χ4v) is 1.98. The number of benzene rings is 1. The maximum Gasteiger partial charge on any atom is 0.335 e. The van der Waals surface area contributed by atoms with E-state index < -0.39 is 17.5 Å². The van der Waals surface area contributed by atoms with Crippen molar-refractivity contribution in [1.82, 2.24) is 0 Å². The predicted molar refractivity (Wildman–Crippen MR) is 60.3 cm³/mol. The first-order chi connectivity index (χ1) is 7.26. The molecule has 0 radical (unpaired) electrons. The maximum absolute atomic E-state index is 10.9. The van der Waals surface area contributed by atoms with E-state index in [9.17, 15) is 9.59 Å². The van der Waals surface area contributed by atoms with Gasteiger partial charge in [-0.2, -0.15) is 0 Å². The van der Waals surface area contributed by atoms with Crippen molar-refractivity contribution in [2.24, 2.45) is 5.73 Å². The number of carbonyl (C=O) groups is 2. The number of aromatic carboxylic acids is 1. The van der Waals surface area contributed by atoms with Crippen molar-refractivity contribution in [1.29, 1.82) is 0 Å². The van der Waals surface area contributed by atoms with Crippen LogP contribution in [-0.2, 0) is 10.3 Å². The number of carboxylic acid groups (broad SMARTS) is 2. The summed E-state index contributed by atoms with van der Waals surface area (Å²) in [5.74, 6) is -2.27. The van der Waals surface area contributed by atoms with Gasteiger partial charge in [-0.05, 0) is 24.6 Å². The number of hydrogen-bond acceptors (Lipinski definition) is 3. The Morgan fingerprint density at radius 2 is 1.94 bits per heavy atom. The van der Waals surface area contributed by atoms with E-state index in [0.717, 1.165) is 0 Å². The molecule has 0 fully saturated rings. The molecule has 4 N–H and O–H groups in total. The largest absolute Gasteiger partial charge is 0.480 e. The van der Waals surface area contributed by atoms with E-state index >= 15 is 0 Å². The summed E-state index contributed by atoms with van der Waals surface area (Å²) in [5.41, 5.74) is 4.46. The van der Waals surface area contributed by atoms with Gasteiger partial charge in [0.15, 0.2) is 0 Å². The number of hydrogen-bond donors (Lipinski definition) is 3. The molecule has 0 aliphatic heterocycles. The Labute approximate surface area is 100 Å². The van der Waals surface area contributed by atoms with Gasteiger partial charge in [0, 0.05) is 4.47 Å². The molecule has 0 bridgehead atoms. The summed E-state index contributed by atoms with van der Waals surface area (Å²) in [6.45, 7) is 1.34. The van der Waals surface area contributed by atoms with Crippen LogP contribution in [0.1, 0.15) is 22.8 Å². The van der Waals surface area contributed by atoms with Crippen molar-refractivity contribution >= 4 is 27.9 Å². The smallest absolute Gasteiger partial charge is 0.335 e. The number of nitrogens with two attached hydrogens (primary N) is 1. The molecule has 1 aromatic rings. The first-order valence-electron chi connectivity index (χ1n) is 4.32. The van der Waals surface area contributed by atoms with Crippen molar-refractivity contribution in [2.45, 2.75) is 12.5 Å². The summed E-state index contributed by atoms with van der Waals surface area (Å²) in [5, 5.41) is 17.7. The first-order valence-corrected chi connectivity index (χ1v) is 5.11. The second-order valence-electron chi connectivity index (χ2n) is 3.51. The Morgan fingerprint density at radius 3 is 2.31 bits per heavy atom. The minimum absolute atomic E-state index is 0.0665. The van der Waals surface area contributed by atoms with Crippen LogP contribution >= 0.6 is 15.9 Å². The van der Waals surface area contributed by atoms with Crippen LogP contribution in [0.25, 0.3) is 0 Å². The van der Waals surface area contributed by atoms with Crippen LogP contribution in [-0.4, -0.2) is 22.2 Å². The van der Waals surface area contributed by atoms with Gasteiger partial charge in [0.05, 0.1) is 5.56 Å². The molecule has 0 unspecified atom stereocenters. The van der Waals surface area contributed by atoms with Gasteiger partial charge in [0.1, 0.15) is 5.54 Å². The molecule has 0 aromatic heterocycles. The van der Waals surface area contributed by atoms with E-state index in [4.69, 9.17) is 15.9 Å². The van der Waals surface area contributed by atoms with Crippen LogP contribution in [0.5, 0.6) is 0 Å². The summed E-state index contributed by atoms with van der Waals surface area (Å²) in [4.78, 5) is 21.6. The molecule has 0 aliphatic carbocycles. The fraction of sp³-hybridized carbons (Fsp3) is 0.200. The zero-order valence-electron chi connectivity index (χ0n) is 8.40. The van der Waals surface area contributed by atoms with Crippen LogP contribution in [0.15, 0.2) is 22.7 Å². The van der Waals surface area contributed by atoms with Gasteiger partial charge in [0.2, 0.25) is 0 Å². The summed E-state index contributed by atoms with van der Waals surface area (Å²) in [6.07, 6.45) is 0. The molecule has 0 aliphatic rings. The molecule has 0 spiro atoms. The average Bonchev–Trinajstić information content (AvgIpc) is 2.16. The molecule has 86 valence electrons. The van der Waals surface area contributed by atoms with Gasteiger partial charge in [-0.25, -0.2) is 9.59 Å². The summed E-state index contributed by atoms with van der Waals surface area (Å²) in [7, 11) is 0. The highest BCUT2D eigenvalue weighted by Gasteiger charge is 2.32. The molecule has 0 saturated carbocycles. The second kappa shape index (κ2) is 4.23. The maximum atomic E-state index is 10.9. The van der Waals surface area contributed by atoms with Gasteiger partial charge < -0.3 is 15.9 Å². The predicted octanol–water partition coefficient (Wildman–Crippen LogP) is 1.41. The van der Waals surface area contributed by atoms with Crippen LogP contribution < -0.4 is 5.73 Å². The quantitative estimate of drug-likeness (QED) is 0.780. The first kappa shape index (κ1) is 12.7. The molecule has 0 saturated heterocycles. The third kappa shape index (κ3) is 2.23. The highest BCUT2D eigenvalue weighted by atomic mass is 79.9. The third-order valence-corrected chi connectivity index (χ3v) is 2.88. The van der Waals surface area contributed by atoms with E-state index in [1.54, 1.807) is 0 Å². The average molecular weight is 288 g/mol. The molecule has 6 heteroatoms. The number of aliphatic carboxylic acids is 1. The lowest BCUT2D eigenvalue weighted by Gasteiger charge is -2.21. The van der Waals surface area contributed by atoms with E-state index in [1.165, 1.54) is 25.1 Å². The molecule has 1 aromatic carbocycles. The van der Waals surface area contributed by atoms with Crippen molar-refractivity contribution < 1.29 is 19.8 Å². The number of carboxylic acids is 2. The molecule has 1 atom stereocenters. The number of halogens is 1. The van der Waals surface area contributed by atoms with Crippen LogP contribution in [0, 0.1) is 0 Å². The van der Waals surface area contributed by atoms with E-state index in [0.29, 0.717) is 10.0 Å². The monoisotopic (exact) mass is 287 g/mol. The van der Waals surface area contributed by atoms with E-state index in [-0.39, 0.29) is 5.56 Å². The highest BCUT2D eigenvalue weighted by Crippen LogP contribution is 2.27. The molecule has 1 rings (SSSR count). The Bertz CT molecular complexity index is 456. The highest BCUT2D eigenvalue weighted by molar-refractivity contribution is 9.10. The SMILES string of the molecule is C[C@@](N)(C(=O)O)c1ccc(C(=O)O)cc1Br. The summed E-state index contributed by atoms with van der Waals surface area (Å²) in [6, 6.07) is 4.03. The van der Waals surface area contributed by atoms with Crippen molar-refractivity contribution in [3.63, 3.8) is 0 Å². The van der Waals surface area contributed by atoms with Gasteiger partial charge >= 0.3 is 11.9 Å². The van der Waals surface area contributed by atoms with Crippen molar-refractivity contribution in [3.05, 3.63) is 33.8 Å². The lowest BCUT2D eigenvalue weighted by atomic mass is 9.92. The standard InChI is InChI=1S/C10H10BrNO4/c1-10(12,9(15)16)6-3-2-5(8(13)14)4-7(6)11/h2-4H,12H2,1H3,(H,13,14)(H,15,16)/t10-/m0/s1. The van der Waals surface area contributed by atoms with E-state index in [1.807, 2.05) is 0 Å². The molecule has 0 amide bonds. The zero-order valence-corrected chi connectivity index (χ0v) is 9.98. The van der Waals surface area contributed by atoms with Gasteiger partial charge in [-0.15, -0.1) is 0 Å². The van der Waals surface area contributed by atoms with Gasteiger partial charge in [0.25, 0.3) is 0 Å².